The van der Waals surface area contributed by atoms with Crippen LogP contribution in [0, 0.1) is 0 Å². The molecule has 3 amide bonds. The smallest absolute Gasteiger partial charge is 0.318 e. The van der Waals surface area contributed by atoms with Gasteiger partial charge in [0.25, 0.3) is 0 Å². The van der Waals surface area contributed by atoms with Gasteiger partial charge in [0, 0.05) is 6.54 Å². The Morgan fingerprint density at radius 1 is 1.35 bits per heavy atom. The molecule has 0 bridgehead atoms. The molecule has 0 saturated carbocycles. The predicted molar refractivity (Wildman–Crippen MR) is 90.1 cm³/mol. The third kappa shape index (κ3) is 5.83. The summed E-state index contributed by atoms with van der Waals surface area (Å²) in [7, 11) is 4.03. The van der Waals surface area contributed by atoms with E-state index in [-0.39, 0.29) is 11.8 Å². The number of urea groups is 1. The molecule has 0 unspecified atom stereocenters. The Morgan fingerprint density at radius 2 is 2.04 bits per heavy atom. The number of primary amides is 1. The Hall–Kier alpha value is -1.61. The van der Waals surface area contributed by atoms with Gasteiger partial charge in [-0.25, -0.2) is 4.79 Å². The van der Waals surface area contributed by atoms with E-state index in [0.29, 0.717) is 5.16 Å². The molecule has 1 rings (SSSR count). The molecule has 23 heavy (non-hydrogen) atoms. The van der Waals surface area contributed by atoms with Crippen LogP contribution in [-0.4, -0.2) is 51.5 Å². The lowest BCUT2D eigenvalue weighted by Crippen LogP contribution is -2.36. The first-order valence-electron chi connectivity index (χ1n) is 7.72. The van der Waals surface area contributed by atoms with Crippen molar-refractivity contribution in [2.75, 3.05) is 19.8 Å². The minimum absolute atomic E-state index is 0.0754. The van der Waals surface area contributed by atoms with Crippen LogP contribution in [0.4, 0.5) is 4.79 Å². The highest BCUT2D eigenvalue weighted by molar-refractivity contribution is 7.99. The molecule has 0 fully saturated rings. The van der Waals surface area contributed by atoms with Gasteiger partial charge in [-0.15, -0.1) is 10.2 Å². The number of carbonyl (C=O) groups is 2. The Bertz CT molecular complexity index is 531. The fraction of sp³-hybridized carbons (Fsp3) is 0.714. The average Bonchev–Trinajstić information content (AvgIpc) is 2.85. The van der Waals surface area contributed by atoms with Crippen LogP contribution < -0.4 is 11.1 Å². The van der Waals surface area contributed by atoms with Crippen LogP contribution in [0.1, 0.15) is 45.0 Å². The maximum Gasteiger partial charge on any atom is 0.318 e. The van der Waals surface area contributed by atoms with Gasteiger partial charge < -0.3 is 10.3 Å². The van der Waals surface area contributed by atoms with E-state index in [0.717, 1.165) is 31.6 Å². The molecule has 130 valence electrons. The molecule has 0 aliphatic heterocycles. The van der Waals surface area contributed by atoms with Gasteiger partial charge in [0.05, 0.1) is 11.8 Å². The van der Waals surface area contributed by atoms with E-state index in [4.69, 9.17) is 5.73 Å². The molecule has 1 aromatic heterocycles. The maximum absolute atomic E-state index is 11.6. The van der Waals surface area contributed by atoms with Gasteiger partial charge in [-0.2, -0.15) is 0 Å². The number of imide groups is 1. The monoisotopic (exact) mass is 342 g/mol. The topological polar surface area (TPSA) is 106 Å². The van der Waals surface area contributed by atoms with Crippen LogP contribution in [0.2, 0.25) is 0 Å². The summed E-state index contributed by atoms with van der Waals surface area (Å²) in [5.74, 6) is 0.545. The fourth-order valence-corrected chi connectivity index (χ4v) is 3.03. The van der Waals surface area contributed by atoms with Gasteiger partial charge in [-0.05, 0) is 26.9 Å². The van der Waals surface area contributed by atoms with Crippen LogP contribution >= 0.6 is 11.8 Å². The third-order valence-electron chi connectivity index (χ3n) is 3.38. The molecule has 0 saturated heterocycles. The quantitative estimate of drug-likeness (QED) is 0.657. The molecule has 8 nitrogen and oxygen atoms in total. The van der Waals surface area contributed by atoms with Crippen LogP contribution in [0.25, 0.3) is 0 Å². The first-order chi connectivity index (χ1) is 10.9. The van der Waals surface area contributed by atoms with E-state index >= 15 is 0 Å². The van der Waals surface area contributed by atoms with Gasteiger partial charge in [0.1, 0.15) is 0 Å². The Balaban J connectivity index is 2.91. The standard InChI is InChI=1S/C14H26N6O2S/c1-5-7-8-20-12(10(6-2)19(3)4)17-18-14(20)23-9-11(21)16-13(15)22/h10H,5-9H2,1-4H3,(H3,15,16,21,22)/t10-/m0/s1. The third-order valence-corrected chi connectivity index (χ3v) is 4.35. The molecule has 9 heteroatoms. The van der Waals surface area contributed by atoms with Gasteiger partial charge >= 0.3 is 6.03 Å². The number of nitrogens with one attached hydrogen (secondary N) is 1. The number of hydrogen-bond donors (Lipinski definition) is 2. The fourth-order valence-electron chi connectivity index (χ4n) is 2.26. The second-order valence-electron chi connectivity index (χ2n) is 5.43. The molecular formula is C14H26N6O2S. The molecule has 1 aromatic rings. The summed E-state index contributed by atoms with van der Waals surface area (Å²) in [5, 5.41) is 11.3. The molecule has 3 N–H and O–H groups in total. The van der Waals surface area contributed by atoms with Crippen LogP contribution in [0.3, 0.4) is 0 Å². The first-order valence-corrected chi connectivity index (χ1v) is 8.70. The van der Waals surface area contributed by atoms with E-state index in [1.54, 1.807) is 0 Å². The summed E-state index contributed by atoms with van der Waals surface area (Å²) >= 11 is 1.26. The zero-order valence-corrected chi connectivity index (χ0v) is 15.0. The van der Waals surface area contributed by atoms with Crippen molar-refractivity contribution < 1.29 is 9.59 Å². The van der Waals surface area contributed by atoms with Crippen molar-refractivity contribution in [2.24, 2.45) is 5.73 Å². The van der Waals surface area contributed by atoms with Crippen molar-refractivity contribution in [2.45, 2.75) is 50.9 Å². The minimum Gasteiger partial charge on any atom is -0.351 e. The number of hydrogen-bond acceptors (Lipinski definition) is 6. The number of nitrogens with two attached hydrogens (primary N) is 1. The van der Waals surface area contributed by atoms with Crippen molar-refractivity contribution in [3.8, 4) is 0 Å². The number of carbonyl (C=O) groups excluding carboxylic acids is 2. The van der Waals surface area contributed by atoms with Gasteiger partial charge in [0.2, 0.25) is 5.91 Å². The summed E-state index contributed by atoms with van der Waals surface area (Å²) in [5.41, 5.74) is 4.93. The van der Waals surface area contributed by atoms with Gasteiger partial charge in [-0.1, -0.05) is 32.0 Å². The van der Waals surface area contributed by atoms with Crippen molar-refractivity contribution in [3.63, 3.8) is 0 Å². The SMILES string of the molecule is CCCCn1c(SCC(=O)NC(N)=O)nnc1[C@H](CC)N(C)C. The van der Waals surface area contributed by atoms with Gasteiger partial charge in [0.15, 0.2) is 11.0 Å². The number of thioether (sulfide) groups is 1. The lowest BCUT2D eigenvalue weighted by Gasteiger charge is -2.23. The molecule has 0 aliphatic rings. The Labute approximate surface area is 141 Å². The largest absolute Gasteiger partial charge is 0.351 e. The zero-order chi connectivity index (χ0) is 17.4. The predicted octanol–water partition coefficient (Wildman–Crippen LogP) is 1.38. The van der Waals surface area contributed by atoms with Crippen molar-refractivity contribution in [1.82, 2.24) is 25.0 Å². The zero-order valence-electron chi connectivity index (χ0n) is 14.2. The summed E-state index contributed by atoms with van der Waals surface area (Å²) in [4.78, 5) is 24.3. The van der Waals surface area contributed by atoms with E-state index in [1.165, 1.54) is 11.8 Å². The van der Waals surface area contributed by atoms with E-state index < -0.39 is 11.9 Å². The lowest BCUT2D eigenvalue weighted by molar-refractivity contribution is -0.117. The molecular weight excluding hydrogens is 316 g/mol. The van der Waals surface area contributed by atoms with Gasteiger partial charge in [-0.3, -0.25) is 15.0 Å². The second kappa shape index (κ2) is 9.51. The molecule has 0 aliphatic carbocycles. The Kier molecular flexibility index (Phi) is 8.04. The lowest BCUT2D eigenvalue weighted by atomic mass is 10.2. The summed E-state index contributed by atoms with van der Waals surface area (Å²) < 4.78 is 2.07. The number of nitrogens with zero attached hydrogens (tertiary/aromatic N) is 4. The van der Waals surface area contributed by atoms with Crippen molar-refractivity contribution in [1.29, 1.82) is 0 Å². The molecule has 0 radical (unpaired) electrons. The highest BCUT2D eigenvalue weighted by Gasteiger charge is 2.22. The summed E-state index contributed by atoms with van der Waals surface area (Å²) in [6.07, 6.45) is 2.99. The summed E-state index contributed by atoms with van der Waals surface area (Å²) in [6.45, 7) is 5.04. The van der Waals surface area contributed by atoms with E-state index in [1.807, 2.05) is 19.4 Å². The minimum atomic E-state index is -0.845. The van der Waals surface area contributed by atoms with Crippen LogP contribution in [0.5, 0.6) is 0 Å². The normalized spacial score (nSPS) is 12.4. The van der Waals surface area contributed by atoms with Crippen LogP contribution in [0.15, 0.2) is 5.16 Å². The van der Waals surface area contributed by atoms with Crippen molar-refractivity contribution >= 4 is 23.7 Å². The number of unbranched alkanes of at least 4 members (excludes halogenated alkanes) is 1. The Morgan fingerprint density at radius 3 is 2.57 bits per heavy atom. The number of rotatable bonds is 9. The highest BCUT2D eigenvalue weighted by atomic mass is 32.2. The summed E-state index contributed by atoms with van der Waals surface area (Å²) in [6, 6.07) is -0.671. The van der Waals surface area contributed by atoms with Crippen molar-refractivity contribution in [3.05, 3.63) is 5.82 Å². The molecule has 1 heterocycles. The number of amides is 3. The molecule has 1 atom stereocenters. The molecule has 0 aromatic carbocycles. The average molecular weight is 342 g/mol. The molecule has 0 spiro atoms. The van der Waals surface area contributed by atoms with Crippen LogP contribution in [-0.2, 0) is 11.3 Å². The van der Waals surface area contributed by atoms with E-state index in [9.17, 15) is 9.59 Å². The second-order valence-corrected chi connectivity index (χ2v) is 6.38. The van der Waals surface area contributed by atoms with E-state index in [2.05, 4.69) is 33.5 Å². The first kappa shape index (κ1) is 19.4. The maximum atomic E-state index is 11.6. The number of aromatic nitrogens is 3. The highest BCUT2D eigenvalue weighted by Crippen LogP contribution is 2.25.